The summed E-state index contributed by atoms with van der Waals surface area (Å²) in [6, 6.07) is 10.1. The van der Waals surface area contributed by atoms with E-state index in [-0.39, 0.29) is 18.4 Å². The van der Waals surface area contributed by atoms with Crippen molar-refractivity contribution in [2.75, 3.05) is 0 Å². The lowest BCUT2D eigenvalue weighted by atomic mass is 10.00. The van der Waals surface area contributed by atoms with Crippen LogP contribution >= 0.6 is 0 Å². The lowest BCUT2D eigenvalue weighted by molar-refractivity contribution is -0.138. The Hall–Kier alpha value is -3.89. The highest BCUT2D eigenvalue weighted by molar-refractivity contribution is 5.99. The molecule has 0 radical (unpaired) electrons. The van der Waals surface area contributed by atoms with Gasteiger partial charge in [-0.15, -0.1) is 0 Å². The molecule has 0 unspecified atom stereocenters. The molecule has 1 heterocycles. The molecular weight excluding hydrogens is 453 g/mol. The summed E-state index contributed by atoms with van der Waals surface area (Å²) in [4.78, 5) is 49.0. The molecule has 1 saturated heterocycles. The van der Waals surface area contributed by atoms with Crippen molar-refractivity contribution in [2.45, 2.75) is 43.6 Å². The zero-order chi connectivity index (χ0) is 24.9. The first-order valence-electron chi connectivity index (χ1n) is 10.4. The van der Waals surface area contributed by atoms with Gasteiger partial charge < -0.3 is 21.7 Å². The maximum absolute atomic E-state index is 12.9. The van der Waals surface area contributed by atoms with Crippen LogP contribution in [0.1, 0.15) is 23.1 Å². The second-order valence-electron chi connectivity index (χ2n) is 7.94. The van der Waals surface area contributed by atoms with Crippen LogP contribution in [0.4, 0.5) is 13.2 Å². The largest absolute Gasteiger partial charge is 0.416 e. The molecular formula is C23H23F3N4O4. The highest BCUT2D eigenvalue weighted by Gasteiger charge is 2.35. The molecule has 2 aromatic rings. The van der Waals surface area contributed by atoms with Gasteiger partial charge in [0.15, 0.2) is 0 Å². The van der Waals surface area contributed by atoms with Gasteiger partial charge in [-0.3, -0.25) is 19.2 Å². The van der Waals surface area contributed by atoms with Gasteiger partial charge in [-0.2, -0.15) is 13.2 Å². The Morgan fingerprint density at radius 2 is 1.56 bits per heavy atom. The monoisotopic (exact) mass is 476 g/mol. The van der Waals surface area contributed by atoms with Crippen molar-refractivity contribution < 1.29 is 32.3 Å². The Morgan fingerprint density at radius 3 is 2.21 bits per heavy atom. The number of hydrogen-bond acceptors (Lipinski definition) is 4. The molecule has 0 bridgehead atoms. The summed E-state index contributed by atoms with van der Waals surface area (Å²) in [6.45, 7) is 0. The first kappa shape index (κ1) is 24.7. The van der Waals surface area contributed by atoms with E-state index in [1.54, 1.807) is 12.1 Å². The highest BCUT2D eigenvalue weighted by Crippen LogP contribution is 2.29. The summed E-state index contributed by atoms with van der Waals surface area (Å²) in [6.07, 6.45) is -5.03. The molecule has 4 amide bonds. The molecule has 5 N–H and O–H groups in total. The standard InChI is InChI=1S/C23H23F3N4O4/c24-23(25,26)15-8-4-7-14(9-15)11-16(20(27)32)28-19(31)12-18-22(34)29-17(21(33)30-18)10-13-5-2-1-3-6-13/h1-9,16-18H,10-12H2,(H2,27,32)(H,28,31)(H,29,34)(H,30,33)/t16-,17+,18+/m1/s1. The third-order valence-electron chi connectivity index (χ3n) is 5.31. The summed E-state index contributed by atoms with van der Waals surface area (Å²) in [5.41, 5.74) is 5.40. The van der Waals surface area contributed by atoms with Crippen molar-refractivity contribution in [1.82, 2.24) is 16.0 Å². The molecule has 0 aliphatic carbocycles. The fourth-order valence-electron chi connectivity index (χ4n) is 3.58. The maximum Gasteiger partial charge on any atom is 0.416 e. The van der Waals surface area contributed by atoms with Gasteiger partial charge in [-0.1, -0.05) is 48.5 Å². The first-order chi connectivity index (χ1) is 16.0. The van der Waals surface area contributed by atoms with Crippen LogP contribution in [0.25, 0.3) is 0 Å². The number of nitrogens with two attached hydrogens (primary N) is 1. The molecule has 0 saturated carbocycles. The summed E-state index contributed by atoms with van der Waals surface area (Å²) in [5.74, 6) is -2.75. The van der Waals surface area contributed by atoms with E-state index in [0.29, 0.717) is 0 Å². The molecule has 1 fully saturated rings. The van der Waals surface area contributed by atoms with E-state index in [1.165, 1.54) is 12.1 Å². The Bertz CT molecular complexity index is 1080. The molecule has 180 valence electrons. The minimum atomic E-state index is -4.56. The Balaban J connectivity index is 1.58. The number of hydrogen-bond donors (Lipinski definition) is 4. The molecule has 34 heavy (non-hydrogen) atoms. The van der Waals surface area contributed by atoms with Crippen molar-refractivity contribution in [3.05, 3.63) is 71.3 Å². The maximum atomic E-state index is 12.9. The molecule has 0 spiro atoms. The van der Waals surface area contributed by atoms with E-state index in [0.717, 1.165) is 17.7 Å². The fraction of sp³-hybridized carbons (Fsp3) is 0.304. The van der Waals surface area contributed by atoms with Crippen LogP contribution < -0.4 is 21.7 Å². The number of rotatable bonds is 8. The van der Waals surface area contributed by atoms with Crippen LogP contribution in [-0.2, 0) is 38.2 Å². The number of carbonyl (C=O) groups is 4. The van der Waals surface area contributed by atoms with Crippen LogP contribution in [-0.4, -0.2) is 41.8 Å². The molecule has 0 aromatic heterocycles. The predicted molar refractivity (Wildman–Crippen MR) is 115 cm³/mol. The van der Waals surface area contributed by atoms with E-state index in [2.05, 4.69) is 16.0 Å². The van der Waals surface area contributed by atoms with E-state index >= 15 is 0 Å². The zero-order valence-electron chi connectivity index (χ0n) is 17.9. The zero-order valence-corrected chi connectivity index (χ0v) is 17.9. The molecule has 3 atom stereocenters. The SMILES string of the molecule is NC(=O)[C@@H](Cc1cccc(C(F)(F)F)c1)NC(=O)C[C@@H]1NC(=O)[C@H](Cc2ccccc2)NC1=O. The number of halogens is 3. The third kappa shape index (κ3) is 6.56. The van der Waals surface area contributed by atoms with Gasteiger partial charge >= 0.3 is 6.18 Å². The van der Waals surface area contributed by atoms with Crippen molar-refractivity contribution in [2.24, 2.45) is 5.73 Å². The van der Waals surface area contributed by atoms with E-state index in [1.807, 2.05) is 18.2 Å². The lowest BCUT2D eigenvalue weighted by Gasteiger charge is -2.29. The quantitative estimate of drug-likeness (QED) is 0.450. The van der Waals surface area contributed by atoms with E-state index in [9.17, 15) is 32.3 Å². The number of nitrogens with one attached hydrogen (secondary N) is 3. The van der Waals surface area contributed by atoms with Gasteiger partial charge in [0, 0.05) is 12.8 Å². The number of primary amides is 1. The molecule has 3 rings (SSSR count). The number of amides is 4. The average Bonchev–Trinajstić information content (AvgIpc) is 2.77. The number of piperazine rings is 1. The van der Waals surface area contributed by atoms with E-state index < -0.39 is 59.9 Å². The Labute approximate surface area is 193 Å². The molecule has 2 aromatic carbocycles. The van der Waals surface area contributed by atoms with Gasteiger partial charge in [0.05, 0.1) is 12.0 Å². The Morgan fingerprint density at radius 1 is 0.941 bits per heavy atom. The number of carbonyl (C=O) groups excluding carboxylic acids is 4. The van der Waals surface area contributed by atoms with Crippen LogP contribution in [0.15, 0.2) is 54.6 Å². The van der Waals surface area contributed by atoms with Crippen LogP contribution in [0.3, 0.4) is 0 Å². The number of benzene rings is 2. The second kappa shape index (κ2) is 10.4. The predicted octanol–water partition coefficient (Wildman–Crippen LogP) is 0.834. The topological polar surface area (TPSA) is 130 Å². The van der Waals surface area contributed by atoms with Crippen molar-refractivity contribution in [1.29, 1.82) is 0 Å². The van der Waals surface area contributed by atoms with Crippen LogP contribution in [0.2, 0.25) is 0 Å². The smallest absolute Gasteiger partial charge is 0.368 e. The minimum absolute atomic E-state index is 0.145. The summed E-state index contributed by atoms with van der Waals surface area (Å²) in [5, 5.41) is 7.40. The second-order valence-corrected chi connectivity index (χ2v) is 7.94. The van der Waals surface area contributed by atoms with Crippen molar-refractivity contribution in [3.8, 4) is 0 Å². The summed E-state index contributed by atoms with van der Waals surface area (Å²) in [7, 11) is 0. The summed E-state index contributed by atoms with van der Waals surface area (Å²) >= 11 is 0. The average molecular weight is 476 g/mol. The third-order valence-corrected chi connectivity index (χ3v) is 5.31. The Kier molecular flexibility index (Phi) is 7.54. The van der Waals surface area contributed by atoms with E-state index in [4.69, 9.17) is 5.73 Å². The molecule has 1 aliphatic heterocycles. The van der Waals surface area contributed by atoms with Gasteiger partial charge in [-0.05, 0) is 17.2 Å². The van der Waals surface area contributed by atoms with Crippen LogP contribution in [0.5, 0.6) is 0 Å². The molecule has 11 heteroatoms. The van der Waals surface area contributed by atoms with Crippen LogP contribution in [0, 0.1) is 0 Å². The normalized spacial score (nSPS) is 19.0. The van der Waals surface area contributed by atoms with Gasteiger partial charge in [0.2, 0.25) is 23.6 Å². The van der Waals surface area contributed by atoms with Gasteiger partial charge in [-0.25, -0.2) is 0 Å². The highest BCUT2D eigenvalue weighted by atomic mass is 19.4. The minimum Gasteiger partial charge on any atom is -0.368 e. The van der Waals surface area contributed by atoms with Gasteiger partial charge in [0.25, 0.3) is 0 Å². The molecule has 1 aliphatic rings. The summed E-state index contributed by atoms with van der Waals surface area (Å²) < 4.78 is 38.8. The molecule has 8 nitrogen and oxygen atoms in total. The fourth-order valence-corrected chi connectivity index (χ4v) is 3.58. The van der Waals surface area contributed by atoms with Crippen molar-refractivity contribution in [3.63, 3.8) is 0 Å². The first-order valence-corrected chi connectivity index (χ1v) is 10.4. The lowest BCUT2D eigenvalue weighted by Crippen LogP contribution is -2.63. The van der Waals surface area contributed by atoms with Gasteiger partial charge in [0.1, 0.15) is 18.1 Å². The number of alkyl halides is 3. The van der Waals surface area contributed by atoms with Crippen molar-refractivity contribution >= 4 is 23.6 Å².